The van der Waals surface area contributed by atoms with Gasteiger partial charge in [0.25, 0.3) is 0 Å². The number of furan rings is 1. The standard InChI is InChI=1S/C20H18N4O2S/c25-17(22-11-15-7-4-10-26-15)8-9-21-19-18-16(14-5-2-1-3-6-14)12-27-20(18)24-13-23-19/h1-7,10,12-13H,8-9,11H2,(H,22,25)(H,21,23,24). The van der Waals surface area contributed by atoms with Crippen LogP contribution in [-0.2, 0) is 11.3 Å². The van der Waals surface area contributed by atoms with E-state index >= 15 is 0 Å². The number of hydrogen-bond donors (Lipinski definition) is 2. The SMILES string of the molecule is O=C(CCNc1ncnc2scc(-c3ccccc3)c12)NCc1ccco1. The van der Waals surface area contributed by atoms with Gasteiger partial charge in [0.05, 0.1) is 18.2 Å². The number of fused-ring (bicyclic) bond motifs is 1. The number of nitrogens with zero attached hydrogens (tertiary/aromatic N) is 2. The maximum absolute atomic E-state index is 12.0. The van der Waals surface area contributed by atoms with Gasteiger partial charge in [0.2, 0.25) is 5.91 Å². The summed E-state index contributed by atoms with van der Waals surface area (Å²) >= 11 is 1.59. The van der Waals surface area contributed by atoms with Crippen molar-refractivity contribution in [2.45, 2.75) is 13.0 Å². The van der Waals surface area contributed by atoms with Crippen molar-refractivity contribution in [2.24, 2.45) is 0 Å². The third kappa shape index (κ3) is 3.98. The van der Waals surface area contributed by atoms with Crippen molar-refractivity contribution in [1.29, 1.82) is 0 Å². The second-order valence-corrected chi connectivity index (χ2v) is 6.81. The first-order chi connectivity index (χ1) is 13.3. The normalized spacial score (nSPS) is 10.8. The zero-order chi connectivity index (χ0) is 18.5. The molecule has 0 bridgehead atoms. The maximum atomic E-state index is 12.0. The van der Waals surface area contributed by atoms with E-state index in [1.807, 2.05) is 24.3 Å². The molecule has 6 nitrogen and oxygen atoms in total. The van der Waals surface area contributed by atoms with E-state index in [1.165, 1.54) is 0 Å². The summed E-state index contributed by atoms with van der Waals surface area (Å²) in [5.74, 6) is 1.44. The first-order valence-corrected chi connectivity index (χ1v) is 9.50. The molecule has 0 atom stereocenters. The van der Waals surface area contributed by atoms with Crippen LogP contribution in [0, 0.1) is 0 Å². The highest BCUT2D eigenvalue weighted by Crippen LogP contribution is 2.36. The summed E-state index contributed by atoms with van der Waals surface area (Å²) in [5.41, 5.74) is 2.22. The Labute approximate surface area is 160 Å². The van der Waals surface area contributed by atoms with Crippen LogP contribution in [0.4, 0.5) is 5.82 Å². The average Bonchev–Trinajstić information content (AvgIpc) is 3.37. The van der Waals surface area contributed by atoms with Crippen LogP contribution in [-0.4, -0.2) is 22.4 Å². The van der Waals surface area contributed by atoms with Gasteiger partial charge < -0.3 is 15.1 Å². The van der Waals surface area contributed by atoms with Crippen molar-refractivity contribution in [3.05, 3.63) is 66.2 Å². The van der Waals surface area contributed by atoms with E-state index in [1.54, 1.807) is 30.0 Å². The molecule has 0 aliphatic rings. The molecule has 1 aromatic carbocycles. The van der Waals surface area contributed by atoms with Crippen LogP contribution in [0.25, 0.3) is 21.3 Å². The zero-order valence-corrected chi connectivity index (χ0v) is 15.3. The predicted octanol–water partition coefficient (Wildman–Crippen LogP) is 4.07. The largest absolute Gasteiger partial charge is 0.467 e. The topological polar surface area (TPSA) is 80.0 Å². The zero-order valence-electron chi connectivity index (χ0n) is 14.5. The Hall–Kier alpha value is -3.19. The highest BCUT2D eigenvalue weighted by atomic mass is 32.1. The van der Waals surface area contributed by atoms with Gasteiger partial charge in [-0.05, 0) is 17.7 Å². The molecule has 4 rings (SSSR count). The Kier molecular flexibility index (Phi) is 5.11. The minimum absolute atomic E-state index is 0.0437. The number of nitrogens with one attached hydrogen (secondary N) is 2. The Morgan fingerprint density at radius 1 is 1.11 bits per heavy atom. The van der Waals surface area contributed by atoms with Crippen molar-refractivity contribution < 1.29 is 9.21 Å². The van der Waals surface area contributed by atoms with Crippen molar-refractivity contribution in [3.8, 4) is 11.1 Å². The number of benzene rings is 1. The quantitative estimate of drug-likeness (QED) is 0.507. The summed E-state index contributed by atoms with van der Waals surface area (Å²) < 4.78 is 5.21. The van der Waals surface area contributed by atoms with E-state index in [2.05, 4.69) is 38.1 Å². The van der Waals surface area contributed by atoms with Gasteiger partial charge in [-0.1, -0.05) is 30.3 Å². The van der Waals surface area contributed by atoms with Crippen LogP contribution < -0.4 is 10.6 Å². The molecule has 4 aromatic rings. The highest BCUT2D eigenvalue weighted by Gasteiger charge is 2.13. The molecular weight excluding hydrogens is 360 g/mol. The Morgan fingerprint density at radius 3 is 2.81 bits per heavy atom. The van der Waals surface area contributed by atoms with Gasteiger partial charge >= 0.3 is 0 Å². The fourth-order valence-electron chi connectivity index (χ4n) is 2.82. The molecule has 0 radical (unpaired) electrons. The average molecular weight is 378 g/mol. The molecule has 27 heavy (non-hydrogen) atoms. The van der Waals surface area contributed by atoms with Gasteiger partial charge in [-0.2, -0.15) is 0 Å². The minimum atomic E-state index is -0.0437. The molecule has 0 saturated carbocycles. The molecule has 2 N–H and O–H groups in total. The lowest BCUT2D eigenvalue weighted by molar-refractivity contribution is -0.121. The van der Waals surface area contributed by atoms with Crippen LogP contribution in [0.15, 0.2) is 64.9 Å². The molecule has 0 aliphatic heterocycles. The lowest BCUT2D eigenvalue weighted by Crippen LogP contribution is -2.24. The summed E-state index contributed by atoms with van der Waals surface area (Å²) in [6.45, 7) is 0.881. The monoisotopic (exact) mass is 378 g/mol. The molecule has 0 spiro atoms. The fourth-order valence-corrected chi connectivity index (χ4v) is 3.74. The van der Waals surface area contributed by atoms with E-state index in [0.717, 1.165) is 32.9 Å². The minimum Gasteiger partial charge on any atom is -0.467 e. The molecular formula is C20H18N4O2S. The maximum Gasteiger partial charge on any atom is 0.222 e. The molecule has 0 fully saturated rings. The van der Waals surface area contributed by atoms with Crippen LogP contribution >= 0.6 is 11.3 Å². The number of aromatic nitrogens is 2. The summed E-state index contributed by atoms with van der Waals surface area (Å²) in [4.78, 5) is 21.7. The smallest absolute Gasteiger partial charge is 0.222 e. The Morgan fingerprint density at radius 2 is 2.00 bits per heavy atom. The fraction of sp³-hybridized carbons (Fsp3) is 0.150. The van der Waals surface area contributed by atoms with Crippen molar-refractivity contribution >= 4 is 33.3 Å². The van der Waals surface area contributed by atoms with Gasteiger partial charge in [-0.25, -0.2) is 9.97 Å². The summed E-state index contributed by atoms with van der Waals surface area (Å²) in [5, 5.41) is 9.20. The molecule has 0 aliphatic carbocycles. The molecule has 0 unspecified atom stereocenters. The van der Waals surface area contributed by atoms with Gasteiger partial charge in [0, 0.05) is 23.9 Å². The number of carbonyl (C=O) groups excluding carboxylic acids is 1. The van der Waals surface area contributed by atoms with Crippen LogP contribution in [0.3, 0.4) is 0 Å². The molecule has 136 valence electrons. The summed E-state index contributed by atoms with van der Waals surface area (Å²) in [6.07, 6.45) is 3.48. The van der Waals surface area contributed by atoms with Crippen molar-refractivity contribution in [3.63, 3.8) is 0 Å². The molecule has 3 aromatic heterocycles. The second-order valence-electron chi connectivity index (χ2n) is 5.95. The first-order valence-electron chi connectivity index (χ1n) is 8.62. The Balaban J connectivity index is 1.43. The third-order valence-corrected chi connectivity index (χ3v) is 5.03. The number of carbonyl (C=O) groups is 1. The lowest BCUT2D eigenvalue weighted by atomic mass is 10.1. The number of thiophene rings is 1. The molecule has 0 saturated heterocycles. The number of amides is 1. The van der Waals surface area contributed by atoms with E-state index < -0.39 is 0 Å². The van der Waals surface area contributed by atoms with Crippen LogP contribution in [0.1, 0.15) is 12.2 Å². The van der Waals surface area contributed by atoms with E-state index in [9.17, 15) is 4.79 Å². The third-order valence-electron chi connectivity index (χ3n) is 4.14. The van der Waals surface area contributed by atoms with Crippen LogP contribution in [0.2, 0.25) is 0 Å². The lowest BCUT2D eigenvalue weighted by Gasteiger charge is -2.08. The van der Waals surface area contributed by atoms with Gasteiger partial charge in [-0.15, -0.1) is 11.3 Å². The summed E-state index contributed by atoms with van der Waals surface area (Å²) in [6, 6.07) is 13.8. The van der Waals surface area contributed by atoms with E-state index in [-0.39, 0.29) is 5.91 Å². The van der Waals surface area contributed by atoms with Gasteiger partial charge in [-0.3, -0.25) is 4.79 Å². The molecule has 3 heterocycles. The first kappa shape index (κ1) is 17.2. The Bertz CT molecular complexity index is 1030. The van der Waals surface area contributed by atoms with E-state index in [4.69, 9.17) is 4.42 Å². The molecule has 7 heteroatoms. The van der Waals surface area contributed by atoms with E-state index in [0.29, 0.717) is 19.5 Å². The number of anilines is 1. The summed E-state index contributed by atoms with van der Waals surface area (Å²) in [7, 11) is 0. The molecule has 1 amide bonds. The number of rotatable bonds is 7. The van der Waals surface area contributed by atoms with Crippen LogP contribution in [0.5, 0.6) is 0 Å². The van der Waals surface area contributed by atoms with Gasteiger partial charge in [0.15, 0.2) is 0 Å². The van der Waals surface area contributed by atoms with Crippen molar-refractivity contribution in [1.82, 2.24) is 15.3 Å². The predicted molar refractivity (Wildman–Crippen MR) is 107 cm³/mol. The van der Waals surface area contributed by atoms with Gasteiger partial charge in [0.1, 0.15) is 22.7 Å². The highest BCUT2D eigenvalue weighted by molar-refractivity contribution is 7.17. The second kappa shape index (κ2) is 8.01. The number of hydrogen-bond acceptors (Lipinski definition) is 6. The van der Waals surface area contributed by atoms with Crippen molar-refractivity contribution in [2.75, 3.05) is 11.9 Å².